The van der Waals surface area contributed by atoms with Crippen molar-refractivity contribution in [3.8, 4) is 22.3 Å². The van der Waals surface area contributed by atoms with Crippen LogP contribution in [0.15, 0.2) is 66.7 Å². The van der Waals surface area contributed by atoms with Crippen LogP contribution >= 0.6 is 11.3 Å². The Labute approximate surface area is 157 Å². The van der Waals surface area contributed by atoms with Crippen LogP contribution in [0.4, 0.5) is 4.39 Å². The monoisotopic (exact) mass is 360 g/mol. The summed E-state index contributed by atoms with van der Waals surface area (Å²) in [5.74, 6) is -0.114. The molecule has 4 rings (SSSR count). The number of benzene rings is 3. The summed E-state index contributed by atoms with van der Waals surface area (Å²) in [6.07, 6.45) is 2.27. The van der Waals surface area contributed by atoms with Crippen LogP contribution in [0, 0.1) is 12.7 Å². The zero-order chi connectivity index (χ0) is 18.1. The Morgan fingerprint density at radius 1 is 0.808 bits per heavy atom. The van der Waals surface area contributed by atoms with Crippen molar-refractivity contribution in [3.05, 3.63) is 83.0 Å². The maximum Gasteiger partial charge on any atom is 0.148 e. The average molecular weight is 360 g/mol. The number of hydrogen-bond donors (Lipinski definition) is 0. The van der Waals surface area contributed by atoms with Crippen LogP contribution in [0.1, 0.15) is 23.8 Å². The smallest absolute Gasteiger partial charge is 0.148 e. The molecule has 0 aliphatic rings. The van der Waals surface area contributed by atoms with E-state index >= 15 is 0 Å². The van der Waals surface area contributed by atoms with Crippen LogP contribution in [0.2, 0.25) is 0 Å². The molecule has 1 aromatic heterocycles. The van der Waals surface area contributed by atoms with Crippen molar-refractivity contribution >= 4 is 21.4 Å². The molecule has 0 radical (unpaired) electrons. The molecule has 0 saturated carbocycles. The van der Waals surface area contributed by atoms with Crippen molar-refractivity contribution in [3.63, 3.8) is 0 Å². The number of rotatable bonds is 4. The number of halogens is 1. The second kappa shape index (κ2) is 7.05. The normalized spacial score (nSPS) is 11.2. The fourth-order valence-electron chi connectivity index (χ4n) is 3.42. The minimum atomic E-state index is -0.114. The SMILES string of the molecule is CCCc1ccc(-c2ccc(-c3ccc4cc(C)sc4c3F)cc2)cc1. The Bertz CT molecular complexity index is 1040. The third-order valence-electron chi connectivity index (χ3n) is 4.77. The molecule has 0 saturated heterocycles. The van der Waals surface area contributed by atoms with Crippen molar-refractivity contribution in [2.75, 3.05) is 0 Å². The number of hydrogen-bond acceptors (Lipinski definition) is 1. The molecule has 0 atom stereocenters. The third kappa shape index (κ3) is 3.17. The Hall–Kier alpha value is -2.45. The lowest BCUT2D eigenvalue weighted by atomic mass is 9.98. The van der Waals surface area contributed by atoms with Gasteiger partial charge < -0.3 is 0 Å². The summed E-state index contributed by atoms with van der Waals surface area (Å²) in [5.41, 5.74) is 5.31. The molecule has 0 spiro atoms. The van der Waals surface area contributed by atoms with Gasteiger partial charge in [0.1, 0.15) is 5.82 Å². The van der Waals surface area contributed by atoms with Gasteiger partial charge in [0.2, 0.25) is 0 Å². The minimum Gasteiger partial charge on any atom is -0.205 e. The molecule has 0 aliphatic heterocycles. The van der Waals surface area contributed by atoms with Crippen LogP contribution in [0.3, 0.4) is 0 Å². The molecule has 0 aliphatic carbocycles. The third-order valence-corrected chi connectivity index (χ3v) is 5.83. The molecule has 0 nitrogen and oxygen atoms in total. The fourth-order valence-corrected chi connectivity index (χ4v) is 4.37. The van der Waals surface area contributed by atoms with Gasteiger partial charge in [-0.1, -0.05) is 74.0 Å². The number of aryl methyl sites for hydroxylation is 2. The lowest BCUT2D eigenvalue weighted by Crippen LogP contribution is -1.86. The summed E-state index contributed by atoms with van der Waals surface area (Å²) in [4.78, 5) is 1.14. The Balaban J connectivity index is 1.66. The van der Waals surface area contributed by atoms with E-state index in [-0.39, 0.29) is 5.82 Å². The maximum absolute atomic E-state index is 14.9. The lowest BCUT2D eigenvalue weighted by Gasteiger charge is -2.07. The van der Waals surface area contributed by atoms with E-state index in [1.807, 2.05) is 37.3 Å². The van der Waals surface area contributed by atoms with Crippen molar-refractivity contribution in [2.45, 2.75) is 26.7 Å². The molecule has 0 bridgehead atoms. The molecular weight excluding hydrogens is 339 g/mol. The zero-order valence-corrected chi connectivity index (χ0v) is 15.9. The second-order valence-electron chi connectivity index (χ2n) is 6.73. The molecule has 26 heavy (non-hydrogen) atoms. The maximum atomic E-state index is 14.9. The van der Waals surface area contributed by atoms with Gasteiger partial charge in [-0.05, 0) is 47.1 Å². The van der Waals surface area contributed by atoms with E-state index in [9.17, 15) is 4.39 Å². The zero-order valence-electron chi connectivity index (χ0n) is 15.1. The van der Waals surface area contributed by atoms with Gasteiger partial charge in [0.25, 0.3) is 0 Å². The van der Waals surface area contributed by atoms with E-state index in [1.54, 1.807) is 0 Å². The van der Waals surface area contributed by atoms with Gasteiger partial charge in [-0.25, -0.2) is 4.39 Å². The molecule has 0 N–H and O–H groups in total. The van der Waals surface area contributed by atoms with Gasteiger partial charge in [0.15, 0.2) is 0 Å². The first-order valence-electron chi connectivity index (χ1n) is 9.04. The molecule has 0 fully saturated rings. The van der Waals surface area contributed by atoms with E-state index in [0.717, 1.165) is 38.9 Å². The number of thiophene rings is 1. The van der Waals surface area contributed by atoms with Crippen LogP contribution in [-0.4, -0.2) is 0 Å². The second-order valence-corrected chi connectivity index (χ2v) is 7.98. The van der Waals surface area contributed by atoms with Gasteiger partial charge in [0, 0.05) is 10.4 Å². The van der Waals surface area contributed by atoms with Crippen LogP contribution in [0.25, 0.3) is 32.3 Å². The summed E-state index contributed by atoms with van der Waals surface area (Å²) >= 11 is 1.52. The highest BCUT2D eigenvalue weighted by atomic mass is 32.1. The minimum absolute atomic E-state index is 0.114. The summed E-state index contributed by atoms with van der Waals surface area (Å²) in [5, 5.41) is 0.984. The van der Waals surface area contributed by atoms with Gasteiger partial charge in [-0.3, -0.25) is 0 Å². The van der Waals surface area contributed by atoms with Gasteiger partial charge >= 0.3 is 0 Å². The van der Waals surface area contributed by atoms with Crippen molar-refractivity contribution in [1.82, 2.24) is 0 Å². The standard InChI is InChI=1S/C24H21FS/c1-3-4-17-5-7-18(8-6-17)19-9-11-20(12-10-19)22-14-13-21-15-16(2)26-24(21)23(22)25/h5-15H,3-4H2,1-2H3. The Morgan fingerprint density at radius 3 is 2.08 bits per heavy atom. The highest BCUT2D eigenvalue weighted by Crippen LogP contribution is 2.34. The Kier molecular flexibility index (Phi) is 4.60. The number of fused-ring (bicyclic) bond motifs is 1. The fraction of sp³-hybridized carbons (Fsp3) is 0.167. The molecule has 1 heterocycles. The first-order chi connectivity index (χ1) is 12.7. The molecule has 4 aromatic rings. The van der Waals surface area contributed by atoms with E-state index in [4.69, 9.17) is 0 Å². The molecule has 0 amide bonds. The summed E-state index contributed by atoms with van der Waals surface area (Å²) in [7, 11) is 0. The highest BCUT2D eigenvalue weighted by Gasteiger charge is 2.11. The van der Waals surface area contributed by atoms with Crippen molar-refractivity contribution in [2.24, 2.45) is 0 Å². The van der Waals surface area contributed by atoms with Gasteiger partial charge in [-0.2, -0.15) is 0 Å². The van der Waals surface area contributed by atoms with Gasteiger partial charge in [-0.15, -0.1) is 11.3 Å². The van der Waals surface area contributed by atoms with E-state index in [1.165, 1.54) is 22.5 Å². The van der Waals surface area contributed by atoms with E-state index < -0.39 is 0 Å². The first kappa shape index (κ1) is 17.0. The van der Waals surface area contributed by atoms with Gasteiger partial charge in [0.05, 0.1) is 4.70 Å². The Morgan fingerprint density at radius 2 is 1.42 bits per heavy atom. The van der Waals surface area contributed by atoms with Crippen LogP contribution < -0.4 is 0 Å². The van der Waals surface area contributed by atoms with Crippen LogP contribution in [0.5, 0.6) is 0 Å². The summed E-state index contributed by atoms with van der Waals surface area (Å²) < 4.78 is 15.7. The molecule has 130 valence electrons. The predicted octanol–water partition coefficient (Wildman–Crippen LogP) is 7.64. The molecule has 3 aromatic carbocycles. The lowest BCUT2D eigenvalue weighted by molar-refractivity contribution is 0.645. The molecule has 0 unspecified atom stereocenters. The predicted molar refractivity (Wildman–Crippen MR) is 111 cm³/mol. The van der Waals surface area contributed by atoms with Crippen molar-refractivity contribution in [1.29, 1.82) is 0 Å². The van der Waals surface area contributed by atoms with E-state index in [2.05, 4.69) is 43.3 Å². The summed E-state index contributed by atoms with van der Waals surface area (Å²) in [6.45, 7) is 4.21. The quantitative estimate of drug-likeness (QED) is 0.351. The highest BCUT2D eigenvalue weighted by molar-refractivity contribution is 7.19. The largest absolute Gasteiger partial charge is 0.205 e. The topological polar surface area (TPSA) is 0 Å². The molecule has 2 heteroatoms. The average Bonchev–Trinajstić information content (AvgIpc) is 3.05. The van der Waals surface area contributed by atoms with Crippen LogP contribution in [-0.2, 0) is 6.42 Å². The van der Waals surface area contributed by atoms with Crippen molar-refractivity contribution < 1.29 is 4.39 Å². The summed E-state index contributed by atoms with van der Waals surface area (Å²) in [6, 6.07) is 22.8. The van der Waals surface area contributed by atoms with E-state index in [0.29, 0.717) is 5.56 Å². The first-order valence-corrected chi connectivity index (χ1v) is 9.86. The molecular formula is C24H21FS.